The molecule has 0 bridgehead atoms. The normalized spacial score (nSPS) is 13.1. The predicted octanol–water partition coefficient (Wildman–Crippen LogP) is 5.18. The van der Waals surface area contributed by atoms with Gasteiger partial charge in [0, 0.05) is 15.6 Å². The number of benzene rings is 1. The summed E-state index contributed by atoms with van der Waals surface area (Å²) in [7, 11) is 1.41. The molecule has 0 spiro atoms. The number of halogens is 1. The van der Waals surface area contributed by atoms with Crippen molar-refractivity contribution in [3.8, 4) is 0 Å². The van der Waals surface area contributed by atoms with Crippen molar-refractivity contribution < 1.29 is 9.53 Å². The summed E-state index contributed by atoms with van der Waals surface area (Å²) in [6.45, 7) is 1.93. The number of fused-ring (bicyclic) bond motifs is 1. The highest BCUT2D eigenvalue weighted by atomic mass is 35.5. The van der Waals surface area contributed by atoms with Crippen LogP contribution in [0, 0.1) is 6.92 Å². The van der Waals surface area contributed by atoms with E-state index < -0.39 is 0 Å². The fourth-order valence-electron chi connectivity index (χ4n) is 2.97. The van der Waals surface area contributed by atoms with Crippen LogP contribution in [0.15, 0.2) is 18.2 Å². The molecule has 0 atom stereocenters. The van der Waals surface area contributed by atoms with Crippen LogP contribution in [0.4, 0.5) is 10.7 Å². The molecule has 0 fully saturated rings. The molecule has 0 aliphatic heterocycles. The first-order chi connectivity index (χ1) is 12.0. The van der Waals surface area contributed by atoms with Gasteiger partial charge in [0.15, 0.2) is 5.11 Å². The van der Waals surface area contributed by atoms with Crippen LogP contribution in [-0.4, -0.2) is 18.2 Å². The van der Waals surface area contributed by atoms with Crippen molar-refractivity contribution in [2.75, 3.05) is 17.7 Å². The largest absolute Gasteiger partial charge is 0.465 e. The van der Waals surface area contributed by atoms with Crippen molar-refractivity contribution in [2.45, 2.75) is 32.6 Å². The second-order valence-electron chi connectivity index (χ2n) is 5.90. The van der Waals surface area contributed by atoms with Gasteiger partial charge in [0.25, 0.3) is 0 Å². The highest BCUT2D eigenvalue weighted by Gasteiger charge is 2.26. The molecular formula is C18H19ClN2O2S2. The Hall–Kier alpha value is -1.63. The molecule has 1 aromatic carbocycles. The van der Waals surface area contributed by atoms with Crippen LogP contribution in [0.3, 0.4) is 0 Å². The van der Waals surface area contributed by atoms with E-state index in [2.05, 4.69) is 10.6 Å². The van der Waals surface area contributed by atoms with Crippen LogP contribution < -0.4 is 10.6 Å². The minimum absolute atomic E-state index is 0.316. The van der Waals surface area contributed by atoms with Gasteiger partial charge in [-0.1, -0.05) is 17.7 Å². The lowest BCUT2D eigenvalue weighted by Gasteiger charge is -2.14. The number of thiocarbonyl (C=S) groups is 1. The van der Waals surface area contributed by atoms with Crippen molar-refractivity contribution in [3.05, 3.63) is 44.8 Å². The average molecular weight is 395 g/mol. The van der Waals surface area contributed by atoms with E-state index in [9.17, 15) is 4.79 Å². The smallest absolute Gasteiger partial charge is 0.341 e. The van der Waals surface area contributed by atoms with Crippen LogP contribution in [0.25, 0.3) is 0 Å². The highest BCUT2D eigenvalue weighted by Crippen LogP contribution is 2.38. The molecule has 1 aliphatic rings. The minimum Gasteiger partial charge on any atom is -0.465 e. The number of esters is 1. The number of anilines is 2. The molecule has 132 valence electrons. The van der Waals surface area contributed by atoms with Gasteiger partial charge in [-0.3, -0.25) is 0 Å². The molecule has 0 saturated heterocycles. The summed E-state index contributed by atoms with van der Waals surface area (Å²) < 4.78 is 4.98. The number of methoxy groups -OCH3 is 1. The fourth-order valence-corrected chi connectivity index (χ4v) is 4.70. The summed E-state index contributed by atoms with van der Waals surface area (Å²) in [5.74, 6) is -0.316. The van der Waals surface area contributed by atoms with Gasteiger partial charge in [0.05, 0.1) is 12.7 Å². The summed E-state index contributed by atoms with van der Waals surface area (Å²) in [5, 5.41) is 8.17. The van der Waals surface area contributed by atoms with E-state index in [0.29, 0.717) is 15.7 Å². The summed E-state index contributed by atoms with van der Waals surface area (Å²) in [6, 6.07) is 5.61. The van der Waals surface area contributed by atoms with Gasteiger partial charge in [-0.25, -0.2) is 4.79 Å². The topological polar surface area (TPSA) is 50.4 Å². The number of carbonyl (C=O) groups excluding carboxylic acids is 1. The van der Waals surface area contributed by atoms with Crippen LogP contribution in [-0.2, 0) is 17.6 Å². The zero-order chi connectivity index (χ0) is 18.0. The lowest BCUT2D eigenvalue weighted by atomic mass is 9.95. The number of ether oxygens (including phenoxy) is 1. The van der Waals surface area contributed by atoms with Crippen LogP contribution in [0.1, 0.15) is 39.2 Å². The molecular weight excluding hydrogens is 376 g/mol. The van der Waals surface area contributed by atoms with Gasteiger partial charge >= 0.3 is 5.97 Å². The zero-order valence-electron chi connectivity index (χ0n) is 14.1. The summed E-state index contributed by atoms with van der Waals surface area (Å²) in [5.41, 5.74) is 3.49. The van der Waals surface area contributed by atoms with Crippen LogP contribution >= 0.6 is 35.2 Å². The lowest BCUT2D eigenvalue weighted by Crippen LogP contribution is -2.20. The fraction of sp³-hybridized carbons (Fsp3) is 0.333. The Morgan fingerprint density at radius 1 is 1.28 bits per heavy atom. The van der Waals surface area contributed by atoms with Crippen molar-refractivity contribution in [1.82, 2.24) is 0 Å². The van der Waals surface area contributed by atoms with Crippen LogP contribution in [0.5, 0.6) is 0 Å². The van der Waals surface area contributed by atoms with Gasteiger partial charge in [0.2, 0.25) is 0 Å². The molecule has 0 unspecified atom stereocenters. The van der Waals surface area contributed by atoms with E-state index in [4.69, 9.17) is 28.6 Å². The number of nitrogens with one attached hydrogen (secondary N) is 2. The van der Waals surface area contributed by atoms with Gasteiger partial charge in [-0.05, 0) is 68.1 Å². The Morgan fingerprint density at radius 3 is 2.80 bits per heavy atom. The Balaban J connectivity index is 1.84. The summed E-state index contributed by atoms with van der Waals surface area (Å²) in [6.07, 6.45) is 4.15. The standard InChI is InChI=1S/C18H19ClN2O2S2/c1-10-12(19)7-5-8-13(10)20-18(24)21-16-15(17(22)23-2)11-6-3-4-9-14(11)25-16/h5,7-8H,3-4,6,9H2,1-2H3,(H2,20,21,24). The zero-order valence-corrected chi connectivity index (χ0v) is 16.5. The van der Waals surface area contributed by atoms with Crippen LogP contribution in [0.2, 0.25) is 5.02 Å². The molecule has 25 heavy (non-hydrogen) atoms. The molecule has 1 heterocycles. The number of aryl methyl sites for hydroxylation is 1. The minimum atomic E-state index is -0.316. The first-order valence-electron chi connectivity index (χ1n) is 8.07. The van der Waals surface area contributed by atoms with Gasteiger partial charge < -0.3 is 15.4 Å². The van der Waals surface area contributed by atoms with Crippen molar-refractivity contribution >= 4 is 56.9 Å². The first kappa shape index (κ1) is 18.2. The number of thiophene rings is 1. The van der Waals surface area contributed by atoms with E-state index >= 15 is 0 Å². The molecule has 0 amide bonds. The Morgan fingerprint density at radius 2 is 2.04 bits per heavy atom. The van der Waals surface area contributed by atoms with E-state index in [1.807, 2.05) is 25.1 Å². The molecule has 0 radical (unpaired) electrons. The molecule has 7 heteroatoms. The second-order valence-corrected chi connectivity index (χ2v) is 7.82. The lowest BCUT2D eigenvalue weighted by molar-refractivity contribution is 0.0601. The maximum absolute atomic E-state index is 12.3. The second kappa shape index (κ2) is 7.72. The van der Waals surface area contributed by atoms with E-state index in [1.165, 1.54) is 12.0 Å². The third kappa shape index (κ3) is 3.81. The average Bonchev–Trinajstić information content (AvgIpc) is 2.96. The van der Waals surface area contributed by atoms with E-state index in [-0.39, 0.29) is 5.97 Å². The van der Waals surface area contributed by atoms with Crippen molar-refractivity contribution in [2.24, 2.45) is 0 Å². The van der Waals surface area contributed by atoms with Gasteiger partial charge in [-0.15, -0.1) is 11.3 Å². The third-order valence-corrected chi connectivity index (χ3v) is 6.12. The molecule has 1 aliphatic carbocycles. The number of carbonyl (C=O) groups is 1. The predicted molar refractivity (Wildman–Crippen MR) is 108 cm³/mol. The number of rotatable bonds is 3. The molecule has 3 rings (SSSR count). The molecule has 2 N–H and O–H groups in total. The van der Waals surface area contributed by atoms with Crippen molar-refractivity contribution in [1.29, 1.82) is 0 Å². The van der Waals surface area contributed by atoms with E-state index in [1.54, 1.807) is 11.3 Å². The quantitative estimate of drug-likeness (QED) is 0.554. The van der Waals surface area contributed by atoms with E-state index in [0.717, 1.165) is 47.5 Å². The Kier molecular flexibility index (Phi) is 5.61. The van der Waals surface area contributed by atoms with Gasteiger partial charge in [-0.2, -0.15) is 0 Å². The monoisotopic (exact) mass is 394 g/mol. The maximum Gasteiger partial charge on any atom is 0.341 e. The summed E-state index contributed by atoms with van der Waals surface area (Å²) in [4.78, 5) is 13.5. The third-order valence-electron chi connectivity index (χ3n) is 4.30. The SMILES string of the molecule is COC(=O)c1c(NC(=S)Nc2cccc(Cl)c2C)sc2c1CCCC2. The Bertz CT molecular complexity index is 833. The number of hydrogen-bond donors (Lipinski definition) is 2. The molecule has 1 aromatic heterocycles. The number of hydrogen-bond acceptors (Lipinski definition) is 4. The highest BCUT2D eigenvalue weighted by molar-refractivity contribution is 7.80. The summed E-state index contributed by atoms with van der Waals surface area (Å²) >= 11 is 13.2. The van der Waals surface area contributed by atoms with Gasteiger partial charge in [0.1, 0.15) is 5.00 Å². The maximum atomic E-state index is 12.3. The molecule has 2 aromatic rings. The van der Waals surface area contributed by atoms with Crippen molar-refractivity contribution in [3.63, 3.8) is 0 Å². The molecule has 4 nitrogen and oxygen atoms in total. The molecule has 0 saturated carbocycles. The first-order valence-corrected chi connectivity index (χ1v) is 9.67. The Labute approximate surface area is 161 Å².